The minimum Gasteiger partial charge on any atom is -0.444 e. The van der Waals surface area contributed by atoms with Gasteiger partial charge < -0.3 is 19.1 Å². The van der Waals surface area contributed by atoms with Crippen molar-refractivity contribution in [2.75, 3.05) is 25.1 Å². The third-order valence-electron chi connectivity index (χ3n) is 4.66. The van der Waals surface area contributed by atoms with Gasteiger partial charge in [-0.15, -0.1) is 0 Å². The molecule has 0 saturated carbocycles. The maximum Gasteiger partial charge on any atom is 0.508 e. The zero-order chi connectivity index (χ0) is 24.3. The predicted molar refractivity (Wildman–Crippen MR) is 125 cm³/mol. The molecule has 9 heteroatoms. The number of fused-ring (bicyclic) bond motifs is 1. The van der Waals surface area contributed by atoms with E-state index in [1.54, 1.807) is 53.5 Å². The smallest absolute Gasteiger partial charge is 0.444 e. The minimum atomic E-state index is -0.804. The molecule has 1 aliphatic heterocycles. The molecule has 1 aromatic carbocycles. The van der Waals surface area contributed by atoms with Crippen LogP contribution in [0.25, 0.3) is 0 Å². The molecule has 1 atom stereocenters. The number of carbonyl (C=O) groups is 3. The number of rotatable bonds is 4. The van der Waals surface area contributed by atoms with Crippen LogP contribution in [0.3, 0.4) is 0 Å². The average molecular weight is 513 g/mol. The molecular weight excluding hydrogens is 480 g/mol. The van der Waals surface area contributed by atoms with E-state index in [1.165, 1.54) is 4.90 Å². The Balaban J connectivity index is 2.32. The van der Waals surface area contributed by atoms with Gasteiger partial charge in [-0.2, -0.15) is 0 Å². The van der Waals surface area contributed by atoms with E-state index in [1.807, 2.05) is 18.2 Å². The highest BCUT2D eigenvalue weighted by atomic mass is 79.9. The summed E-state index contributed by atoms with van der Waals surface area (Å²) in [6, 6.07) is 5.20. The van der Waals surface area contributed by atoms with Gasteiger partial charge in [0.25, 0.3) is 0 Å². The van der Waals surface area contributed by atoms with Crippen LogP contribution < -0.4 is 4.90 Å². The van der Waals surface area contributed by atoms with Crippen molar-refractivity contribution in [3.8, 4) is 0 Å². The Hall–Kier alpha value is -2.29. The molecular formula is C23H33BrN2O6. The van der Waals surface area contributed by atoms with Gasteiger partial charge in [-0.05, 0) is 65.7 Å². The van der Waals surface area contributed by atoms with E-state index < -0.39 is 29.5 Å². The number of carbonyl (C=O) groups excluding carboxylic acids is 3. The summed E-state index contributed by atoms with van der Waals surface area (Å²) in [5, 5.41) is 0. The fourth-order valence-electron chi connectivity index (χ4n) is 3.33. The number of ether oxygens (including phenoxy) is 3. The first-order valence-electron chi connectivity index (χ1n) is 10.6. The van der Waals surface area contributed by atoms with E-state index in [0.29, 0.717) is 12.1 Å². The molecule has 8 nitrogen and oxygen atoms in total. The van der Waals surface area contributed by atoms with Crippen molar-refractivity contribution < 1.29 is 28.6 Å². The normalized spacial score (nSPS) is 16.7. The summed E-state index contributed by atoms with van der Waals surface area (Å²) in [6.07, 6.45) is -0.661. The van der Waals surface area contributed by atoms with E-state index in [2.05, 4.69) is 15.9 Å². The number of anilines is 1. The largest absolute Gasteiger partial charge is 0.508 e. The Morgan fingerprint density at radius 3 is 2.34 bits per heavy atom. The summed E-state index contributed by atoms with van der Waals surface area (Å²) in [6.45, 7) is 10.6. The summed E-state index contributed by atoms with van der Waals surface area (Å²) in [7, 11) is 1.72. The van der Waals surface area contributed by atoms with Gasteiger partial charge in [-0.1, -0.05) is 22.0 Å². The number of hydrogen-bond acceptors (Lipinski definition) is 6. The molecule has 2 amide bonds. The maximum absolute atomic E-state index is 13.1. The maximum atomic E-state index is 13.1. The van der Waals surface area contributed by atoms with E-state index in [9.17, 15) is 14.4 Å². The quantitative estimate of drug-likeness (QED) is 0.499. The van der Waals surface area contributed by atoms with Crippen LogP contribution in [-0.2, 0) is 19.0 Å². The minimum absolute atomic E-state index is 0.0407. The summed E-state index contributed by atoms with van der Waals surface area (Å²) in [4.78, 5) is 40.8. The molecule has 0 spiro atoms. The second kappa shape index (κ2) is 10.1. The zero-order valence-corrected chi connectivity index (χ0v) is 21.4. The predicted octanol–water partition coefficient (Wildman–Crippen LogP) is 5.44. The Labute approximate surface area is 198 Å². The summed E-state index contributed by atoms with van der Waals surface area (Å²) in [5.74, 6) is -0.0407. The summed E-state index contributed by atoms with van der Waals surface area (Å²) < 4.78 is 16.8. The van der Waals surface area contributed by atoms with Crippen LogP contribution in [0.5, 0.6) is 0 Å². The Kier molecular flexibility index (Phi) is 8.20. The van der Waals surface area contributed by atoms with Gasteiger partial charge in [-0.25, -0.2) is 9.59 Å². The van der Waals surface area contributed by atoms with Gasteiger partial charge >= 0.3 is 12.2 Å². The van der Waals surface area contributed by atoms with Crippen molar-refractivity contribution in [3.05, 3.63) is 28.2 Å². The Bertz CT molecular complexity index is 859. The van der Waals surface area contributed by atoms with Crippen LogP contribution in [0.15, 0.2) is 22.7 Å². The van der Waals surface area contributed by atoms with Crippen molar-refractivity contribution in [1.82, 2.24) is 4.90 Å². The highest BCUT2D eigenvalue weighted by Gasteiger charge is 2.34. The number of amides is 2. The van der Waals surface area contributed by atoms with Crippen molar-refractivity contribution in [2.45, 2.75) is 71.6 Å². The van der Waals surface area contributed by atoms with Gasteiger partial charge in [0.05, 0.1) is 12.6 Å². The van der Waals surface area contributed by atoms with Crippen LogP contribution in [0.4, 0.5) is 15.3 Å². The molecule has 1 aliphatic rings. The third-order valence-corrected chi connectivity index (χ3v) is 5.16. The zero-order valence-electron chi connectivity index (χ0n) is 19.9. The Morgan fingerprint density at radius 2 is 1.75 bits per heavy atom. The fourth-order valence-corrected chi connectivity index (χ4v) is 3.68. The molecule has 0 fully saturated rings. The molecule has 1 unspecified atom stereocenters. The van der Waals surface area contributed by atoms with Crippen LogP contribution in [0.1, 0.15) is 66.0 Å². The van der Waals surface area contributed by atoms with Gasteiger partial charge in [0, 0.05) is 23.6 Å². The lowest BCUT2D eigenvalue weighted by molar-refractivity contribution is -0.118. The summed E-state index contributed by atoms with van der Waals surface area (Å²) in [5.41, 5.74) is 0.153. The van der Waals surface area contributed by atoms with Crippen molar-refractivity contribution >= 4 is 39.8 Å². The third kappa shape index (κ3) is 7.39. The van der Waals surface area contributed by atoms with Crippen LogP contribution >= 0.6 is 15.9 Å². The van der Waals surface area contributed by atoms with Crippen molar-refractivity contribution in [2.24, 2.45) is 0 Å². The molecule has 0 aliphatic carbocycles. The van der Waals surface area contributed by atoms with E-state index in [0.717, 1.165) is 10.0 Å². The van der Waals surface area contributed by atoms with Gasteiger partial charge in [0.1, 0.15) is 17.8 Å². The number of hydrogen-bond donors (Lipinski definition) is 0. The van der Waals surface area contributed by atoms with E-state index >= 15 is 0 Å². The lowest BCUT2D eigenvalue weighted by Gasteiger charge is -2.34. The van der Waals surface area contributed by atoms with Gasteiger partial charge in [0.15, 0.2) is 0 Å². The SMILES string of the molecule is CN1C(=O)CCC(N(CCOC(=O)OC(C)(C)C)C(=O)OC(C)(C)C)c2ccc(Br)cc21. The van der Waals surface area contributed by atoms with Crippen LogP contribution in [0.2, 0.25) is 0 Å². The van der Waals surface area contributed by atoms with Crippen LogP contribution in [-0.4, -0.2) is 54.5 Å². The van der Waals surface area contributed by atoms with Gasteiger partial charge in [0.2, 0.25) is 5.91 Å². The highest BCUT2D eigenvalue weighted by molar-refractivity contribution is 9.10. The molecule has 0 radical (unpaired) electrons. The standard InChI is InChI=1S/C23H33BrN2O6/c1-22(2,3)31-20(28)26(12-13-30-21(29)32-23(4,5)6)17-10-11-19(27)25(7)18-14-15(24)8-9-16(17)18/h8-9,14,17H,10-13H2,1-7H3. The molecule has 0 saturated heterocycles. The number of nitrogens with zero attached hydrogens (tertiary/aromatic N) is 2. The molecule has 1 aromatic rings. The van der Waals surface area contributed by atoms with Crippen LogP contribution in [0, 0.1) is 0 Å². The Morgan fingerprint density at radius 1 is 1.12 bits per heavy atom. The molecule has 0 bridgehead atoms. The second-order valence-corrected chi connectivity index (χ2v) is 10.6. The highest BCUT2D eigenvalue weighted by Crippen LogP contribution is 2.38. The fraction of sp³-hybridized carbons (Fsp3) is 0.609. The van der Waals surface area contributed by atoms with Crippen molar-refractivity contribution in [1.29, 1.82) is 0 Å². The first kappa shape index (κ1) is 26.0. The molecule has 0 N–H and O–H groups in total. The molecule has 178 valence electrons. The number of halogens is 1. The van der Waals surface area contributed by atoms with Crippen molar-refractivity contribution in [3.63, 3.8) is 0 Å². The van der Waals surface area contributed by atoms with Gasteiger partial charge in [-0.3, -0.25) is 9.69 Å². The first-order chi connectivity index (χ1) is 14.7. The topological polar surface area (TPSA) is 85.4 Å². The lowest BCUT2D eigenvalue weighted by atomic mass is 10.00. The molecule has 1 heterocycles. The average Bonchev–Trinajstić information content (AvgIpc) is 2.74. The number of benzene rings is 1. The molecule has 0 aromatic heterocycles. The second-order valence-electron chi connectivity index (χ2n) is 9.70. The first-order valence-corrected chi connectivity index (χ1v) is 11.4. The molecule has 32 heavy (non-hydrogen) atoms. The van der Waals surface area contributed by atoms with E-state index in [4.69, 9.17) is 14.2 Å². The lowest BCUT2D eigenvalue weighted by Crippen LogP contribution is -2.41. The summed E-state index contributed by atoms with van der Waals surface area (Å²) >= 11 is 3.46. The van der Waals surface area contributed by atoms with E-state index in [-0.39, 0.29) is 25.5 Å². The molecule has 2 rings (SSSR count). The monoisotopic (exact) mass is 512 g/mol.